The van der Waals surface area contributed by atoms with Crippen molar-refractivity contribution < 1.29 is 27.6 Å². The number of hydrogen-bond donors (Lipinski definition) is 1. The number of anilines is 2. The number of furan rings is 1. The zero-order valence-corrected chi connectivity index (χ0v) is 23.5. The Morgan fingerprint density at radius 1 is 0.952 bits per heavy atom. The van der Waals surface area contributed by atoms with Gasteiger partial charge < -0.3 is 24.4 Å². The van der Waals surface area contributed by atoms with Gasteiger partial charge in [-0.3, -0.25) is 14.4 Å². The number of carbonyl (C=O) groups is 3. The van der Waals surface area contributed by atoms with Crippen molar-refractivity contribution in [2.75, 3.05) is 42.9 Å². The molecule has 8 nitrogen and oxygen atoms in total. The average Bonchev–Trinajstić information content (AvgIpc) is 3.44. The third kappa shape index (κ3) is 5.29. The lowest BCUT2D eigenvalue weighted by Crippen LogP contribution is -2.53. The van der Waals surface area contributed by atoms with Gasteiger partial charge in [0.2, 0.25) is 5.91 Å². The van der Waals surface area contributed by atoms with Crippen LogP contribution >= 0.6 is 0 Å². The van der Waals surface area contributed by atoms with E-state index in [1.807, 2.05) is 38.1 Å². The number of amides is 2. The van der Waals surface area contributed by atoms with Gasteiger partial charge in [-0.1, -0.05) is 26.0 Å². The molecule has 0 saturated carbocycles. The maximum atomic E-state index is 14.6. The highest BCUT2D eigenvalue weighted by molar-refractivity contribution is 6.02. The molecule has 2 amide bonds. The van der Waals surface area contributed by atoms with Crippen LogP contribution in [-0.2, 0) is 9.59 Å². The first-order valence-electron chi connectivity index (χ1n) is 14.1. The van der Waals surface area contributed by atoms with Crippen LogP contribution in [-0.4, -0.2) is 60.1 Å². The van der Waals surface area contributed by atoms with Gasteiger partial charge in [0.1, 0.15) is 11.6 Å². The molecule has 1 unspecified atom stereocenters. The van der Waals surface area contributed by atoms with Gasteiger partial charge in [-0.25, -0.2) is 8.78 Å². The Morgan fingerprint density at radius 3 is 2.33 bits per heavy atom. The Hall–Kier alpha value is -4.47. The van der Waals surface area contributed by atoms with E-state index in [0.29, 0.717) is 55.2 Å². The molecule has 42 heavy (non-hydrogen) atoms. The Morgan fingerprint density at radius 2 is 1.64 bits per heavy atom. The SMILES string of the molecule is CC1(C)CC(=O)C2=C(C1)Nc1ccccc1N(CC(=O)N1CCN(C(=O)c3ccco3)CC1)C2c1cc(F)cc(F)c1. The minimum atomic E-state index is -0.893. The van der Waals surface area contributed by atoms with E-state index in [2.05, 4.69) is 5.32 Å². The van der Waals surface area contributed by atoms with Crippen LogP contribution in [0, 0.1) is 17.0 Å². The third-order valence-electron chi connectivity index (χ3n) is 8.16. The maximum Gasteiger partial charge on any atom is 0.289 e. The Bertz CT molecular complexity index is 1550. The summed E-state index contributed by atoms with van der Waals surface area (Å²) in [5.41, 5.74) is 2.40. The number of ketones is 1. The van der Waals surface area contributed by atoms with Gasteiger partial charge in [-0.2, -0.15) is 0 Å². The highest BCUT2D eigenvalue weighted by atomic mass is 19.1. The van der Waals surface area contributed by atoms with E-state index in [1.165, 1.54) is 18.4 Å². The van der Waals surface area contributed by atoms with E-state index >= 15 is 0 Å². The van der Waals surface area contributed by atoms with Crippen molar-refractivity contribution in [3.05, 3.63) is 95.1 Å². The standard InChI is InChI=1S/C32H32F2N4O4/c1-32(2)17-24-29(26(39)18-32)30(20-14-21(33)16-22(34)15-20)38(25-7-4-3-6-23(25)35-24)19-28(40)36-9-11-37(12-10-36)31(41)27-8-5-13-42-27/h3-8,13-16,30,35H,9-12,17-19H2,1-2H3. The van der Waals surface area contributed by atoms with E-state index in [0.717, 1.165) is 6.07 Å². The summed E-state index contributed by atoms with van der Waals surface area (Å²) >= 11 is 0. The molecule has 1 saturated heterocycles. The Labute approximate surface area is 242 Å². The number of hydrogen-bond acceptors (Lipinski definition) is 6. The summed E-state index contributed by atoms with van der Waals surface area (Å²) in [7, 11) is 0. The quantitative estimate of drug-likeness (QED) is 0.464. The summed E-state index contributed by atoms with van der Waals surface area (Å²) in [6.45, 7) is 5.21. The number of halogens is 2. The minimum absolute atomic E-state index is 0.126. The monoisotopic (exact) mass is 574 g/mol. The van der Waals surface area contributed by atoms with Crippen molar-refractivity contribution in [1.82, 2.24) is 9.80 Å². The fourth-order valence-corrected chi connectivity index (χ4v) is 6.27. The normalized spacial score (nSPS) is 20.0. The van der Waals surface area contributed by atoms with Crippen LogP contribution in [0.4, 0.5) is 20.2 Å². The number of nitrogens with zero attached hydrogens (tertiary/aromatic N) is 3. The molecule has 1 fully saturated rings. The minimum Gasteiger partial charge on any atom is -0.459 e. The number of Topliss-reactive ketones (excluding diaryl/α,β-unsaturated/α-hetero) is 1. The van der Waals surface area contributed by atoms with E-state index < -0.39 is 17.7 Å². The number of allylic oxidation sites excluding steroid dienone is 1. The summed E-state index contributed by atoms with van der Waals surface area (Å²) in [5.74, 6) is -1.85. The molecule has 0 spiro atoms. The topological polar surface area (TPSA) is 86.1 Å². The first-order chi connectivity index (χ1) is 20.1. The predicted molar refractivity (Wildman–Crippen MR) is 153 cm³/mol. The second-order valence-electron chi connectivity index (χ2n) is 11.9. The van der Waals surface area contributed by atoms with Crippen LogP contribution in [0.25, 0.3) is 0 Å². The number of fused-ring (bicyclic) bond motifs is 1. The average molecular weight is 575 g/mol. The largest absolute Gasteiger partial charge is 0.459 e. The van der Waals surface area contributed by atoms with Gasteiger partial charge in [0.25, 0.3) is 5.91 Å². The molecule has 2 aromatic carbocycles. The molecule has 0 radical (unpaired) electrons. The van der Waals surface area contributed by atoms with Crippen molar-refractivity contribution in [3.63, 3.8) is 0 Å². The van der Waals surface area contributed by atoms with Crippen molar-refractivity contribution in [2.45, 2.75) is 32.7 Å². The molecule has 3 aromatic rings. The van der Waals surface area contributed by atoms with E-state index in [1.54, 1.807) is 26.8 Å². The van der Waals surface area contributed by atoms with Crippen LogP contribution in [0.5, 0.6) is 0 Å². The molecule has 218 valence electrons. The zero-order valence-electron chi connectivity index (χ0n) is 23.5. The molecule has 1 aliphatic carbocycles. The fourth-order valence-electron chi connectivity index (χ4n) is 6.27. The first kappa shape index (κ1) is 27.7. The van der Waals surface area contributed by atoms with Crippen molar-refractivity contribution in [1.29, 1.82) is 0 Å². The molecular formula is C32H32F2N4O4. The predicted octanol–water partition coefficient (Wildman–Crippen LogP) is 5.16. The number of rotatable bonds is 4. The number of piperazine rings is 1. The van der Waals surface area contributed by atoms with E-state index in [9.17, 15) is 23.2 Å². The molecule has 0 bridgehead atoms. The molecular weight excluding hydrogens is 542 g/mol. The van der Waals surface area contributed by atoms with Crippen molar-refractivity contribution in [2.24, 2.45) is 5.41 Å². The van der Waals surface area contributed by atoms with E-state index in [-0.39, 0.29) is 47.3 Å². The van der Waals surface area contributed by atoms with Crippen LogP contribution in [0.1, 0.15) is 48.8 Å². The van der Waals surface area contributed by atoms with Gasteiger partial charge in [-0.05, 0) is 53.8 Å². The van der Waals surface area contributed by atoms with Crippen LogP contribution in [0.3, 0.4) is 0 Å². The van der Waals surface area contributed by atoms with Crippen LogP contribution < -0.4 is 10.2 Å². The van der Waals surface area contributed by atoms with Gasteiger partial charge >= 0.3 is 0 Å². The summed E-state index contributed by atoms with van der Waals surface area (Å²) in [6, 6.07) is 13.0. The summed E-state index contributed by atoms with van der Waals surface area (Å²) in [5, 5.41) is 3.44. The fraction of sp³-hybridized carbons (Fsp3) is 0.344. The highest BCUT2D eigenvalue weighted by Gasteiger charge is 2.42. The van der Waals surface area contributed by atoms with Crippen molar-refractivity contribution >= 4 is 29.0 Å². The second-order valence-corrected chi connectivity index (χ2v) is 11.9. The smallest absolute Gasteiger partial charge is 0.289 e. The molecule has 6 rings (SSSR count). The lowest BCUT2D eigenvalue weighted by atomic mass is 9.73. The summed E-state index contributed by atoms with van der Waals surface area (Å²) < 4.78 is 34.5. The molecule has 3 heterocycles. The van der Waals surface area contributed by atoms with Gasteiger partial charge in [-0.15, -0.1) is 0 Å². The first-order valence-corrected chi connectivity index (χ1v) is 14.1. The molecule has 1 aromatic heterocycles. The number of nitrogens with one attached hydrogen (secondary N) is 1. The molecule has 10 heteroatoms. The Kier molecular flexibility index (Phi) is 7.08. The molecule has 1 atom stereocenters. The Balaban J connectivity index is 1.35. The lowest BCUT2D eigenvalue weighted by Gasteiger charge is -2.39. The zero-order chi connectivity index (χ0) is 29.6. The number of para-hydroxylation sites is 2. The van der Waals surface area contributed by atoms with Gasteiger partial charge in [0.15, 0.2) is 11.5 Å². The summed E-state index contributed by atoms with van der Waals surface area (Å²) in [6.07, 6.45) is 2.27. The maximum absolute atomic E-state index is 14.6. The number of carbonyl (C=O) groups excluding carboxylic acids is 3. The van der Waals surface area contributed by atoms with Gasteiger partial charge in [0.05, 0.1) is 30.2 Å². The number of benzene rings is 2. The van der Waals surface area contributed by atoms with Crippen LogP contribution in [0.15, 0.2) is 76.5 Å². The van der Waals surface area contributed by atoms with Crippen molar-refractivity contribution in [3.8, 4) is 0 Å². The third-order valence-corrected chi connectivity index (χ3v) is 8.16. The molecule has 1 N–H and O–H groups in total. The second kappa shape index (κ2) is 10.7. The molecule has 2 aliphatic heterocycles. The molecule has 3 aliphatic rings. The van der Waals surface area contributed by atoms with E-state index in [4.69, 9.17) is 4.42 Å². The van der Waals surface area contributed by atoms with Crippen LogP contribution in [0.2, 0.25) is 0 Å². The lowest BCUT2D eigenvalue weighted by molar-refractivity contribution is -0.131. The summed E-state index contributed by atoms with van der Waals surface area (Å²) in [4.78, 5) is 45.4. The van der Waals surface area contributed by atoms with Gasteiger partial charge in [0, 0.05) is 49.9 Å². The highest BCUT2D eigenvalue weighted by Crippen LogP contribution is 2.48.